The maximum absolute atomic E-state index is 12.5. The first kappa shape index (κ1) is 16.3. The minimum Gasteiger partial charge on any atom is -0.338 e. The first-order chi connectivity index (χ1) is 12.7. The number of aromatic nitrogens is 4. The van der Waals surface area contributed by atoms with Gasteiger partial charge < -0.3 is 9.80 Å². The molecule has 0 unspecified atom stereocenters. The number of aryl methyl sites for hydroxylation is 1. The van der Waals surface area contributed by atoms with Gasteiger partial charge in [-0.05, 0) is 31.2 Å². The smallest absolute Gasteiger partial charge is 0.274 e. The van der Waals surface area contributed by atoms with Crippen molar-refractivity contribution in [3.05, 3.63) is 66.2 Å². The van der Waals surface area contributed by atoms with E-state index in [0.29, 0.717) is 18.8 Å². The lowest BCUT2D eigenvalue weighted by Crippen LogP contribution is -2.49. The van der Waals surface area contributed by atoms with Crippen molar-refractivity contribution < 1.29 is 4.79 Å². The van der Waals surface area contributed by atoms with Gasteiger partial charge in [0.15, 0.2) is 5.69 Å². The summed E-state index contributed by atoms with van der Waals surface area (Å²) in [5.41, 5.74) is 2.70. The van der Waals surface area contributed by atoms with E-state index in [4.69, 9.17) is 0 Å². The number of hydrogen-bond acceptors (Lipinski definition) is 5. The summed E-state index contributed by atoms with van der Waals surface area (Å²) in [5.74, 6) is 0.833. The standard InChI is InChI=1S/C19H20N6O/c1-15-4-6-16(7-5-15)25-10-9-20-19(25)24-13-11-23(12-14-24)18(26)17-3-2-8-21-22-17/h2-10H,11-14H2,1H3. The SMILES string of the molecule is Cc1ccc(-n2ccnc2N2CCN(C(=O)c3cccnn3)CC2)cc1. The fourth-order valence-corrected chi connectivity index (χ4v) is 3.12. The van der Waals surface area contributed by atoms with Gasteiger partial charge in [0, 0.05) is 50.5 Å². The highest BCUT2D eigenvalue weighted by Gasteiger charge is 2.25. The molecule has 4 rings (SSSR count). The van der Waals surface area contributed by atoms with Gasteiger partial charge in [-0.3, -0.25) is 9.36 Å². The van der Waals surface area contributed by atoms with E-state index < -0.39 is 0 Å². The zero-order valence-electron chi connectivity index (χ0n) is 14.6. The van der Waals surface area contributed by atoms with Crippen molar-refractivity contribution in [2.45, 2.75) is 6.92 Å². The Hall–Kier alpha value is -3.22. The van der Waals surface area contributed by atoms with Crippen LogP contribution in [0.25, 0.3) is 5.69 Å². The summed E-state index contributed by atoms with van der Waals surface area (Å²) in [4.78, 5) is 21.1. The molecule has 0 bridgehead atoms. The van der Waals surface area contributed by atoms with E-state index in [0.717, 1.165) is 24.7 Å². The predicted molar refractivity (Wildman–Crippen MR) is 98.4 cm³/mol. The molecule has 132 valence electrons. The second kappa shape index (κ2) is 6.95. The van der Waals surface area contributed by atoms with Gasteiger partial charge in [-0.2, -0.15) is 5.10 Å². The Labute approximate surface area is 151 Å². The van der Waals surface area contributed by atoms with Crippen molar-refractivity contribution >= 4 is 11.9 Å². The van der Waals surface area contributed by atoms with Crippen LogP contribution in [-0.4, -0.2) is 56.7 Å². The van der Waals surface area contributed by atoms with Crippen LogP contribution in [0.15, 0.2) is 55.0 Å². The van der Waals surface area contributed by atoms with Crippen LogP contribution in [0.3, 0.4) is 0 Å². The van der Waals surface area contributed by atoms with Gasteiger partial charge in [0.05, 0.1) is 0 Å². The fraction of sp³-hybridized carbons (Fsp3) is 0.263. The molecule has 1 saturated heterocycles. The third-order valence-electron chi connectivity index (χ3n) is 4.57. The lowest BCUT2D eigenvalue weighted by Gasteiger charge is -2.35. The van der Waals surface area contributed by atoms with Gasteiger partial charge in [0.1, 0.15) is 0 Å². The molecule has 0 aliphatic carbocycles. The zero-order valence-corrected chi connectivity index (χ0v) is 14.6. The molecule has 1 aliphatic heterocycles. The van der Waals surface area contributed by atoms with E-state index in [1.807, 2.05) is 17.3 Å². The van der Waals surface area contributed by atoms with Crippen LogP contribution < -0.4 is 4.90 Å². The highest BCUT2D eigenvalue weighted by molar-refractivity contribution is 5.92. The van der Waals surface area contributed by atoms with Gasteiger partial charge in [0.2, 0.25) is 5.95 Å². The number of rotatable bonds is 3. The van der Waals surface area contributed by atoms with Crippen LogP contribution in [0.5, 0.6) is 0 Å². The molecule has 1 amide bonds. The highest BCUT2D eigenvalue weighted by Crippen LogP contribution is 2.20. The molecule has 1 aromatic carbocycles. The topological polar surface area (TPSA) is 67.2 Å². The van der Waals surface area contributed by atoms with Gasteiger partial charge >= 0.3 is 0 Å². The summed E-state index contributed by atoms with van der Waals surface area (Å²) in [5, 5.41) is 7.70. The molecule has 0 spiro atoms. The van der Waals surface area contributed by atoms with Gasteiger partial charge in [0.25, 0.3) is 5.91 Å². The normalized spacial score (nSPS) is 14.5. The molecule has 3 heterocycles. The molecule has 26 heavy (non-hydrogen) atoms. The second-order valence-corrected chi connectivity index (χ2v) is 6.32. The molecule has 7 nitrogen and oxygen atoms in total. The first-order valence-electron chi connectivity index (χ1n) is 8.65. The third kappa shape index (κ3) is 3.15. The summed E-state index contributed by atoms with van der Waals surface area (Å²) in [7, 11) is 0. The highest BCUT2D eigenvalue weighted by atomic mass is 16.2. The average Bonchev–Trinajstić information content (AvgIpc) is 3.19. The molecule has 0 atom stereocenters. The molecule has 2 aromatic heterocycles. The maximum Gasteiger partial charge on any atom is 0.274 e. The Morgan fingerprint density at radius 2 is 1.77 bits per heavy atom. The van der Waals surface area contributed by atoms with E-state index in [1.165, 1.54) is 5.56 Å². The molecule has 1 aliphatic rings. The number of anilines is 1. The molecule has 7 heteroatoms. The molecule has 0 radical (unpaired) electrons. The van der Waals surface area contributed by atoms with Crippen LogP contribution in [0, 0.1) is 6.92 Å². The Kier molecular flexibility index (Phi) is 4.35. The molecular formula is C19H20N6O. The largest absolute Gasteiger partial charge is 0.338 e. The number of carbonyl (C=O) groups excluding carboxylic acids is 1. The monoisotopic (exact) mass is 348 g/mol. The fourth-order valence-electron chi connectivity index (χ4n) is 3.12. The van der Waals surface area contributed by atoms with Crippen molar-refractivity contribution in [2.24, 2.45) is 0 Å². The van der Waals surface area contributed by atoms with E-state index in [-0.39, 0.29) is 5.91 Å². The van der Waals surface area contributed by atoms with Gasteiger partial charge in [-0.1, -0.05) is 17.7 Å². The molecule has 0 N–H and O–H groups in total. The van der Waals surface area contributed by atoms with Crippen LogP contribution in [0.2, 0.25) is 0 Å². The summed E-state index contributed by atoms with van der Waals surface area (Å²) in [6, 6.07) is 11.8. The number of carbonyl (C=O) groups is 1. The maximum atomic E-state index is 12.5. The van der Waals surface area contributed by atoms with E-state index in [2.05, 4.69) is 55.8 Å². The van der Waals surface area contributed by atoms with E-state index in [9.17, 15) is 4.79 Å². The average molecular weight is 348 g/mol. The Morgan fingerprint density at radius 3 is 2.46 bits per heavy atom. The van der Waals surface area contributed by atoms with Crippen molar-refractivity contribution in [2.75, 3.05) is 31.1 Å². The first-order valence-corrected chi connectivity index (χ1v) is 8.65. The second-order valence-electron chi connectivity index (χ2n) is 6.32. The number of nitrogens with zero attached hydrogens (tertiary/aromatic N) is 6. The summed E-state index contributed by atoms with van der Waals surface area (Å²) in [6.07, 6.45) is 5.35. The van der Waals surface area contributed by atoms with Crippen LogP contribution >= 0.6 is 0 Å². The number of benzene rings is 1. The van der Waals surface area contributed by atoms with Crippen molar-refractivity contribution in [1.29, 1.82) is 0 Å². The van der Waals surface area contributed by atoms with Crippen LogP contribution in [0.1, 0.15) is 16.1 Å². The number of piperazine rings is 1. The Morgan fingerprint density at radius 1 is 1.00 bits per heavy atom. The summed E-state index contributed by atoms with van der Waals surface area (Å²) < 4.78 is 2.08. The lowest BCUT2D eigenvalue weighted by molar-refractivity contribution is 0.0739. The molecule has 0 saturated carbocycles. The quantitative estimate of drug-likeness (QED) is 0.724. The predicted octanol–water partition coefficient (Wildman–Crippen LogP) is 1.93. The van der Waals surface area contributed by atoms with Crippen molar-refractivity contribution in [1.82, 2.24) is 24.6 Å². The van der Waals surface area contributed by atoms with Gasteiger partial charge in [-0.25, -0.2) is 4.98 Å². The number of hydrogen-bond donors (Lipinski definition) is 0. The minimum absolute atomic E-state index is 0.0698. The minimum atomic E-state index is -0.0698. The third-order valence-corrected chi connectivity index (χ3v) is 4.57. The Balaban J connectivity index is 1.47. The van der Waals surface area contributed by atoms with Gasteiger partial charge in [-0.15, -0.1) is 5.10 Å². The summed E-state index contributed by atoms with van der Waals surface area (Å²) >= 11 is 0. The Bertz CT molecular complexity index is 882. The zero-order chi connectivity index (χ0) is 17.9. The molecule has 1 fully saturated rings. The van der Waals surface area contributed by atoms with E-state index >= 15 is 0 Å². The lowest BCUT2D eigenvalue weighted by atomic mass is 10.2. The van der Waals surface area contributed by atoms with E-state index in [1.54, 1.807) is 18.3 Å². The van der Waals surface area contributed by atoms with Crippen LogP contribution in [0.4, 0.5) is 5.95 Å². The van der Waals surface area contributed by atoms with Crippen molar-refractivity contribution in [3.63, 3.8) is 0 Å². The molecule has 3 aromatic rings. The number of amides is 1. The van der Waals surface area contributed by atoms with Crippen molar-refractivity contribution in [3.8, 4) is 5.69 Å². The molecular weight excluding hydrogens is 328 g/mol. The van der Waals surface area contributed by atoms with Crippen LogP contribution in [-0.2, 0) is 0 Å². The summed E-state index contributed by atoms with van der Waals surface area (Å²) in [6.45, 7) is 4.81. The number of imidazole rings is 1.